The van der Waals surface area contributed by atoms with Gasteiger partial charge >= 0.3 is 6.09 Å². The molecule has 0 aliphatic heterocycles. The van der Waals surface area contributed by atoms with Gasteiger partial charge in [-0.15, -0.1) is 0 Å². The molecule has 1 atom stereocenters. The zero-order valence-electron chi connectivity index (χ0n) is 17.1. The molecule has 0 fully saturated rings. The molecular formula is C23H30N2O3. The zero-order valence-corrected chi connectivity index (χ0v) is 17.1. The van der Waals surface area contributed by atoms with E-state index in [1.54, 1.807) is 32.6 Å². The first-order chi connectivity index (χ1) is 13.2. The van der Waals surface area contributed by atoms with Gasteiger partial charge in [0.2, 0.25) is 5.91 Å². The Morgan fingerprint density at radius 2 is 1.50 bits per heavy atom. The molecule has 0 aromatic heterocycles. The third-order valence-electron chi connectivity index (χ3n) is 4.14. The van der Waals surface area contributed by atoms with Crippen molar-refractivity contribution in [1.82, 2.24) is 10.2 Å². The van der Waals surface area contributed by atoms with Gasteiger partial charge in [-0.25, -0.2) is 4.79 Å². The second kappa shape index (κ2) is 9.93. The number of nitrogens with zero attached hydrogens (tertiary/aromatic N) is 1. The maximum absolute atomic E-state index is 13.0. The first-order valence-corrected chi connectivity index (χ1v) is 9.61. The SMILES string of the molecule is C[C@@H](NC(=O)OC(C)(C)C)C(=O)N(CCc1ccccc1)Cc1ccccc1. The maximum Gasteiger partial charge on any atom is 0.408 e. The fourth-order valence-electron chi connectivity index (χ4n) is 2.80. The van der Waals surface area contributed by atoms with Crippen molar-refractivity contribution >= 4 is 12.0 Å². The van der Waals surface area contributed by atoms with Gasteiger partial charge in [-0.1, -0.05) is 60.7 Å². The summed E-state index contributed by atoms with van der Waals surface area (Å²) >= 11 is 0. The van der Waals surface area contributed by atoms with Crippen LogP contribution in [-0.4, -0.2) is 35.1 Å². The molecular weight excluding hydrogens is 352 g/mol. The summed E-state index contributed by atoms with van der Waals surface area (Å²) in [5, 5.41) is 2.65. The summed E-state index contributed by atoms with van der Waals surface area (Å²) in [6.45, 7) is 8.12. The number of amides is 2. The van der Waals surface area contributed by atoms with Crippen LogP contribution in [-0.2, 0) is 22.5 Å². The van der Waals surface area contributed by atoms with E-state index >= 15 is 0 Å². The van der Waals surface area contributed by atoms with E-state index in [0.717, 1.165) is 12.0 Å². The normalized spacial score (nSPS) is 12.1. The highest BCUT2D eigenvalue weighted by molar-refractivity contribution is 5.85. The number of carbonyl (C=O) groups is 2. The van der Waals surface area contributed by atoms with E-state index in [-0.39, 0.29) is 5.91 Å². The molecule has 2 rings (SSSR count). The lowest BCUT2D eigenvalue weighted by atomic mass is 10.1. The number of hydrogen-bond donors (Lipinski definition) is 1. The summed E-state index contributed by atoms with van der Waals surface area (Å²) in [4.78, 5) is 26.8. The van der Waals surface area contributed by atoms with Gasteiger partial charge in [-0.2, -0.15) is 0 Å². The molecule has 0 spiro atoms. The first kappa shape index (κ1) is 21.5. The van der Waals surface area contributed by atoms with E-state index in [9.17, 15) is 9.59 Å². The molecule has 0 saturated heterocycles. The van der Waals surface area contributed by atoms with Crippen molar-refractivity contribution in [3.05, 3.63) is 71.8 Å². The van der Waals surface area contributed by atoms with Crippen LogP contribution in [0.2, 0.25) is 0 Å². The monoisotopic (exact) mass is 382 g/mol. The van der Waals surface area contributed by atoms with Crippen LogP contribution < -0.4 is 5.32 Å². The fraction of sp³-hybridized carbons (Fsp3) is 0.391. The van der Waals surface area contributed by atoms with Crippen molar-refractivity contribution in [2.24, 2.45) is 0 Å². The van der Waals surface area contributed by atoms with E-state index in [4.69, 9.17) is 4.74 Å². The predicted molar refractivity (Wildman–Crippen MR) is 111 cm³/mol. The number of hydrogen-bond acceptors (Lipinski definition) is 3. The topological polar surface area (TPSA) is 58.6 Å². The Morgan fingerprint density at radius 1 is 0.964 bits per heavy atom. The minimum atomic E-state index is -0.672. The third-order valence-corrected chi connectivity index (χ3v) is 4.14. The van der Waals surface area contributed by atoms with Crippen molar-refractivity contribution in [3.63, 3.8) is 0 Å². The van der Waals surface area contributed by atoms with Crippen molar-refractivity contribution in [3.8, 4) is 0 Å². The molecule has 28 heavy (non-hydrogen) atoms. The Bertz CT molecular complexity index is 754. The fourth-order valence-corrected chi connectivity index (χ4v) is 2.80. The lowest BCUT2D eigenvalue weighted by molar-refractivity contribution is -0.133. The molecule has 0 unspecified atom stereocenters. The van der Waals surface area contributed by atoms with Crippen molar-refractivity contribution in [1.29, 1.82) is 0 Å². The van der Waals surface area contributed by atoms with Gasteiger partial charge in [0, 0.05) is 13.1 Å². The van der Waals surface area contributed by atoms with Gasteiger partial charge in [0.05, 0.1) is 0 Å². The highest BCUT2D eigenvalue weighted by Gasteiger charge is 2.24. The molecule has 5 heteroatoms. The van der Waals surface area contributed by atoms with Crippen molar-refractivity contribution < 1.29 is 14.3 Å². The summed E-state index contributed by atoms with van der Waals surface area (Å²) in [6, 6.07) is 19.2. The number of nitrogens with one attached hydrogen (secondary N) is 1. The summed E-state index contributed by atoms with van der Waals surface area (Å²) in [5.74, 6) is -0.134. The van der Waals surface area contributed by atoms with Gasteiger partial charge in [0.25, 0.3) is 0 Å². The number of carbonyl (C=O) groups excluding carboxylic acids is 2. The van der Waals surface area contributed by atoms with Gasteiger partial charge in [-0.3, -0.25) is 4.79 Å². The second-order valence-corrected chi connectivity index (χ2v) is 7.85. The molecule has 0 saturated carbocycles. The van der Waals surface area contributed by atoms with Gasteiger partial charge in [0.15, 0.2) is 0 Å². The minimum Gasteiger partial charge on any atom is -0.444 e. The molecule has 0 heterocycles. The maximum atomic E-state index is 13.0. The second-order valence-electron chi connectivity index (χ2n) is 7.85. The van der Waals surface area contributed by atoms with Crippen LogP contribution in [0.3, 0.4) is 0 Å². The quantitative estimate of drug-likeness (QED) is 0.782. The van der Waals surface area contributed by atoms with Crippen LogP contribution in [0.25, 0.3) is 0 Å². The van der Waals surface area contributed by atoms with Crippen LogP contribution in [0.4, 0.5) is 4.79 Å². The predicted octanol–water partition coefficient (Wildman–Crippen LogP) is 4.17. The summed E-state index contributed by atoms with van der Waals surface area (Å²) < 4.78 is 5.27. The molecule has 2 aromatic carbocycles. The molecule has 0 radical (unpaired) electrons. The molecule has 2 amide bonds. The number of ether oxygens (including phenoxy) is 1. The molecule has 0 bridgehead atoms. The molecule has 0 aliphatic rings. The lowest BCUT2D eigenvalue weighted by Crippen LogP contribution is -2.48. The van der Waals surface area contributed by atoms with Gasteiger partial charge < -0.3 is 15.0 Å². The Hall–Kier alpha value is -2.82. The van der Waals surface area contributed by atoms with E-state index in [1.165, 1.54) is 5.56 Å². The Balaban J connectivity index is 2.05. The zero-order chi connectivity index (χ0) is 20.6. The molecule has 0 aliphatic carbocycles. The summed E-state index contributed by atoms with van der Waals surface area (Å²) in [7, 11) is 0. The highest BCUT2D eigenvalue weighted by atomic mass is 16.6. The molecule has 150 valence electrons. The Kier molecular flexibility index (Phi) is 7.61. The van der Waals surface area contributed by atoms with Crippen LogP contribution in [0.5, 0.6) is 0 Å². The van der Waals surface area contributed by atoms with E-state index < -0.39 is 17.7 Å². The molecule has 5 nitrogen and oxygen atoms in total. The minimum absolute atomic E-state index is 0.134. The molecule has 1 N–H and O–H groups in total. The van der Waals surface area contributed by atoms with Crippen LogP contribution in [0, 0.1) is 0 Å². The highest BCUT2D eigenvalue weighted by Crippen LogP contribution is 2.10. The van der Waals surface area contributed by atoms with Crippen molar-refractivity contribution in [2.75, 3.05) is 6.54 Å². The van der Waals surface area contributed by atoms with E-state index in [1.807, 2.05) is 60.7 Å². The largest absolute Gasteiger partial charge is 0.444 e. The number of benzene rings is 2. The summed E-state index contributed by atoms with van der Waals surface area (Å²) in [5.41, 5.74) is 1.61. The van der Waals surface area contributed by atoms with E-state index in [0.29, 0.717) is 13.1 Å². The molecule has 2 aromatic rings. The van der Waals surface area contributed by atoms with Crippen LogP contribution in [0.1, 0.15) is 38.8 Å². The Labute approximate surface area is 167 Å². The number of alkyl carbamates (subject to hydrolysis) is 1. The number of rotatable bonds is 7. The van der Waals surface area contributed by atoms with E-state index in [2.05, 4.69) is 5.32 Å². The van der Waals surface area contributed by atoms with Crippen molar-refractivity contribution in [2.45, 2.75) is 52.3 Å². The Morgan fingerprint density at radius 3 is 2.04 bits per heavy atom. The summed E-state index contributed by atoms with van der Waals surface area (Å²) in [6.07, 6.45) is 0.162. The smallest absolute Gasteiger partial charge is 0.408 e. The van der Waals surface area contributed by atoms with Gasteiger partial charge in [0.1, 0.15) is 11.6 Å². The van der Waals surface area contributed by atoms with Crippen LogP contribution >= 0.6 is 0 Å². The van der Waals surface area contributed by atoms with Gasteiger partial charge in [-0.05, 0) is 45.2 Å². The standard InChI is InChI=1S/C23H30N2O3/c1-18(24-22(27)28-23(2,3)4)21(26)25(17-20-13-9-6-10-14-20)16-15-19-11-7-5-8-12-19/h5-14,18H,15-17H2,1-4H3,(H,24,27)/t18-/m1/s1. The van der Waals surface area contributed by atoms with Crippen LogP contribution in [0.15, 0.2) is 60.7 Å². The average Bonchev–Trinajstić information content (AvgIpc) is 2.64. The average molecular weight is 383 g/mol. The lowest BCUT2D eigenvalue weighted by Gasteiger charge is -2.27. The third kappa shape index (κ3) is 7.43. The first-order valence-electron chi connectivity index (χ1n) is 9.61.